The van der Waals surface area contributed by atoms with Crippen molar-refractivity contribution in [3.05, 3.63) is 29.6 Å². The first-order valence-electron chi connectivity index (χ1n) is 9.65. The average Bonchev–Trinajstić information content (AvgIpc) is 2.60. The summed E-state index contributed by atoms with van der Waals surface area (Å²) in [7, 11) is 3.68. The van der Waals surface area contributed by atoms with Gasteiger partial charge in [-0.05, 0) is 51.3 Å². The lowest BCUT2D eigenvalue weighted by atomic mass is 10.0. The molecule has 0 atom stereocenters. The molecule has 1 aliphatic rings. The zero-order chi connectivity index (χ0) is 19.1. The van der Waals surface area contributed by atoms with Gasteiger partial charge in [-0.2, -0.15) is 0 Å². The maximum Gasteiger partial charge on any atom is 0.191 e. The molecule has 2 rings (SSSR count). The van der Waals surface area contributed by atoms with E-state index >= 15 is 0 Å². The molecule has 1 heterocycles. The number of rotatable bonds is 6. The van der Waals surface area contributed by atoms with Gasteiger partial charge < -0.3 is 20.4 Å². The van der Waals surface area contributed by atoms with Gasteiger partial charge in [-0.15, -0.1) is 24.0 Å². The minimum Gasteiger partial charge on any atom is -0.375 e. The minimum atomic E-state index is -0.207. The monoisotopic (exact) mass is 491 g/mol. The van der Waals surface area contributed by atoms with E-state index in [0.717, 1.165) is 44.0 Å². The molecule has 154 valence electrons. The highest BCUT2D eigenvalue weighted by Gasteiger charge is 2.21. The van der Waals surface area contributed by atoms with Gasteiger partial charge in [0.15, 0.2) is 5.96 Å². The van der Waals surface area contributed by atoms with E-state index in [2.05, 4.69) is 41.3 Å². The Morgan fingerprint density at radius 3 is 2.48 bits per heavy atom. The van der Waals surface area contributed by atoms with Crippen LogP contribution in [0.3, 0.4) is 0 Å². The molecule has 1 fully saturated rings. The van der Waals surface area contributed by atoms with Gasteiger partial charge in [0.25, 0.3) is 0 Å². The van der Waals surface area contributed by atoms with Gasteiger partial charge in [0, 0.05) is 45.8 Å². The lowest BCUT2D eigenvalue weighted by molar-refractivity contribution is 0.167. The Balaban J connectivity index is 0.00000364. The third-order valence-electron chi connectivity index (χ3n) is 4.86. The predicted octanol–water partition coefficient (Wildman–Crippen LogP) is 3.44. The second kappa shape index (κ2) is 11.7. The molecule has 1 aliphatic heterocycles. The Morgan fingerprint density at radius 2 is 1.96 bits per heavy atom. The number of piperidine rings is 1. The first-order valence-corrected chi connectivity index (χ1v) is 9.65. The Morgan fingerprint density at radius 1 is 1.30 bits per heavy atom. The molecule has 1 aromatic carbocycles. The fraction of sp³-hybridized carbons (Fsp3) is 0.650. The van der Waals surface area contributed by atoms with Crippen LogP contribution < -0.4 is 15.5 Å². The van der Waals surface area contributed by atoms with Crippen LogP contribution >= 0.6 is 24.0 Å². The zero-order valence-electron chi connectivity index (χ0n) is 17.3. The molecule has 27 heavy (non-hydrogen) atoms. The van der Waals surface area contributed by atoms with Crippen LogP contribution in [0.15, 0.2) is 23.2 Å². The maximum absolute atomic E-state index is 14.1. The topological polar surface area (TPSA) is 42.9 Å². The molecule has 0 saturated carbocycles. The summed E-state index contributed by atoms with van der Waals surface area (Å²) in [5, 5.41) is 6.84. The van der Waals surface area contributed by atoms with E-state index in [-0.39, 0.29) is 29.8 Å². The summed E-state index contributed by atoms with van der Waals surface area (Å²) >= 11 is 0. The van der Waals surface area contributed by atoms with E-state index in [9.17, 15) is 4.39 Å². The molecule has 1 saturated heterocycles. The van der Waals surface area contributed by atoms with Gasteiger partial charge in [-0.1, -0.05) is 6.07 Å². The lowest BCUT2D eigenvalue weighted by Crippen LogP contribution is -2.49. The largest absolute Gasteiger partial charge is 0.375 e. The van der Waals surface area contributed by atoms with Crippen molar-refractivity contribution in [3.63, 3.8) is 0 Å². The highest BCUT2D eigenvalue weighted by atomic mass is 127. The molecule has 0 bridgehead atoms. The zero-order valence-corrected chi connectivity index (χ0v) is 19.6. The summed E-state index contributed by atoms with van der Waals surface area (Å²) in [6.45, 7) is 10.1. The van der Waals surface area contributed by atoms with Crippen molar-refractivity contribution in [1.29, 1.82) is 0 Å². The summed E-state index contributed by atoms with van der Waals surface area (Å²) in [6.07, 6.45) is 2.24. The molecular weight excluding hydrogens is 456 g/mol. The average molecular weight is 491 g/mol. The summed E-state index contributed by atoms with van der Waals surface area (Å²) in [6, 6.07) is 6.37. The molecule has 2 N–H and O–H groups in total. The van der Waals surface area contributed by atoms with Crippen LogP contribution in [-0.4, -0.2) is 56.7 Å². The number of aliphatic imine (C=N–C) groups is 1. The molecule has 7 heteroatoms. The van der Waals surface area contributed by atoms with Gasteiger partial charge in [-0.25, -0.2) is 9.38 Å². The van der Waals surface area contributed by atoms with Gasteiger partial charge in [-0.3, -0.25) is 0 Å². The Kier molecular flexibility index (Phi) is 10.4. The first kappa shape index (κ1) is 23.9. The quantitative estimate of drug-likeness (QED) is 0.364. The standard InChI is InChI=1S/C20H34FN5.HI/c1-6-22-20(24-17-9-11-26(12-10-17)15(2)3)23-14-16-7-8-19(25(4)5)18(21)13-16;/h7-8,13,15,17H,6,9-12,14H2,1-5H3,(H2,22,23,24);1H. The van der Waals surface area contributed by atoms with E-state index < -0.39 is 0 Å². The number of nitrogens with one attached hydrogen (secondary N) is 2. The van der Waals surface area contributed by atoms with Crippen molar-refractivity contribution in [3.8, 4) is 0 Å². The first-order chi connectivity index (χ1) is 12.4. The molecule has 0 spiro atoms. The molecule has 5 nitrogen and oxygen atoms in total. The fourth-order valence-corrected chi connectivity index (χ4v) is 3.26. The number of nitrogens with zero attached hydrogens (tertiary/aromatic N) is 3. The third kappa shape index (κ3) is 7.44. The number of likely N-dealkylation sites (tertiary alicyclic amines) is 1. The van der Waals surface area contributed by atoms with Crippen molar-refractivity contribution in [2.45, 2.75) is 52.2 Å². The molecule has 1 aromatic rings. The fourth-order valence-electron chi connectivity index (χ4n) is 3.26. The van der Waals surface area contributed by atoms with Crippen LogP contribution in [0.4, 0.5) is 10.1 Å². The molecule has 0 radical (unpaired) electrons. The second-order valence-electron chi connectivity index (χ2n) is 7.42. The number of benzene rings is 1. The van der Waals surface area contributed by atoms with Crippen LogP contribution in [0.1, 0.15) is 39.2 Å². The molecule has 0 unspecified atom stereocenters. The summed E-state index contributed by atoms with van der Waals surface area (Å²) < 4.78 is 14.1. The molecular formula is C20H35FIN5. The van der Waals surface area contributed by atoms with Crippen molar-refractivity contribution < 1.29 is 4.39 Å². The van der Waals surface area contributed by atoms with Gasteiger partial charge >= 0.3 is 0 Å². The van der Waals surface area contributed by atoms with Gasteiger partial charge in [0.05, 0.1) is 12.2 Å². The lowest BCUT2D eigenvalue weighted by Gasteiger charge is -2.35. The summed E-state index contributed by atoms with van der Waals surface area (Å²) in [5.41, 5.74) is 1.47. The Bertz CT molecular complexity index is 598. The maximum atomic E-state index is 14.1. The number of hydrogen-bond acceptors (Lipinski definition) is 3. The van der Waals surface area contributed by atoms with E-state index in [1.165, 1.54) is 0 Å². The minimum absolute atomic E-state index is 0. The number of guanidine groups is 1. The van der Waals surface area contributed by atoms with Crippen molar-refractivity contribution in [2.75, 3.05) is 38.6 Å². The van der Waals surface area contributed by atoms with Crippen LogP contribution in [-0.2, 0) is 6.54 Å². The Hall–Kier alpha value is -1.09. The van der Waals surface area contributed by atoms with Crippen molar-refractivity contribution >= 4 is 35.6 Å². The predicted molar refractivity (Wildman–Crippen MR) is 124 cm³/mol. The van der Waals surface area contributed by atoms with E-state index in [4.69, 9.17) is 0 Å². The van der Waals surface area contributed by atoms with Crippen LogP contribution in [0, 0.1) is 5.82 Å². The number of anilines is 1. The van der Waals surface area contributed by atoms with Crippen molar-refractivity contribution in [1.82, 2.24) is 15.5 Å². The second-order valence-corrected chi connectivity index (χ2v) is 7.42. The van der Waals surface area contributed by atoms with Gasteiger partial charge in [0.2, 0.25) is 0 Å². The van der Waals surface area contributed by atoms with E-state index in [1.807, 2.05) is 26.2 Å². The summed E-state index contributed by atoms with van der Waals surface area (Å²) in [4.78, 5) is 8.93. The van der Waals surface area contributed by atoms with E-state index in [1.54, 1.807) is 11.0 Å². The Labute approximate surface area is 180 Å². The van der Waals surface area contributed by atoms with Crippen LogP contribution in [0.2, 0.25) is 0 Å². The van der Waals surface area contributed by atoms with Crippen LogP contribution in [0.5, 0.6) is 0 Å². The number of halogens is 2. The van der Waals surface area contributed by atoms with Crippen LogP contribution in [0.25, 0.3) is 0 Å². The highest BCUT2D eigenvalue weighted by molar-refractivity contribution is 14.0. The highest BCUT2D eigenvalue weighted by Crippen LogP contribution is 2.18. The number of hydrogen-bond donors (Lipinski definition) is 2. The smallest absolute Gasteiger partial charge is 0.191 e. The van der Waals surface area contributed by atoms with E-state index in [0.29, 0.717) is 24.3 Å². The molecule has 0 amide bonds. The molecule has 0 aliphatic carbocycles. The normalized spacial score (nSPS) is 16.2. The SMILES string of the molecule is CCNC(=NCc1ccc(N(C)C)c(F)c1)NC1CCN(C(C)C)CC1.I. The van der Waals surface area contributed by atoms with Crippen molar-refractivity contribution in [2.24, 2.45) is 4.99 Å². The summed E-state index contributed by atoms with van der Waals surface area (Å²) in [5.74, 6) is 0.606. The third-order valence-corrected chi connectivity index (χ3v) is 4.86. The van der Waals surface area contributed by atoms with Gasteiger partial charge in [0.1, 0.15) is 5.82 Å². The molecule has 0 aromatic heterocycles.